The van der Waals surface area contributed by atoms with E-state index in [0.717, 1.165) is 39.0 Å². The van der Waals surface area contributed by atoms with Crippen molar-refractivity contribution in [2.75, 3.05) is 5.32 Å². The molecule has 0 atom stereocenters. The molecule has 1 heterocycles. The SMILES string of the molecule is Cc1nnc2cc(-c3ccc(C[SH](=O)=O)cc3)ccc2c1NC(C)C. The van der Waals surface area contributed by atoms with Gasteiger partial charge in [-0.3, -0.25) is 0 Å². The topological polar surface area (TPSA) is 72.0 Å². The maximum atomic E-state index is 10.8. The van der Waals surface area contributed by atoms with Gasteiger partial charge in [-0.25, -0.2) is 8.42 Å². The van der Waals surface area contributed by atoms with Crippen LogP contribution in [-0.4, -0.2) is 24.7 Å². The minimum absolute atomic E-state index is 0.0717. The summed E-state index contributed by atoms with van der Waals surface area (Å²) in [6, 6.07) is 14.0. The fourth-order valence-electron chi connectivity index (χ4n) is 2.80. The van der Waals surface area contributed by atoms with Crippen molar-refractivity contribution in [3.05, 3.63) is 53.7 Å². The van der Waals surface area contributed by atoms with Gasteiger partial charge >= 0.3 is 0 Å². The van der Waals surface area contributed by atoms with Gasteiger partial charge in [0.2, 0.25) is 0 Å². The van der Waals surface area contributed by atoms with Crippen molar-refractivity contribution in [3.8, 4) is 11.1 Å². The first-order chi connectivity index (χ1) is 11.9. The van der Waals surface area contributed by atoms with Crippen molar-refractivity contribution in [3.63, 3.8) is 0 Å². The Hall–Kier alpha value is -2.47. The van der Waals surface area contributed by atoms with Gasteiger partial charge in [0.25, 0.3) is 0 Å². The fourth-order valence-corrected chi connectivity index (χ4v) is 3.31. The number of anilines is 1. The maximum Gasteiger partial charge on any atom is 0.144 e. The molecule has 0 saturated carbocycles. The van der Waals surface area contributed by atoms with E-state index in [0.29, 0.717) is 6.04 Å². The Kier molecular flexibility index (Phi) is 4.99. The normalized spacial score (nSPS) is 11.4. The van der Waals surface area contributed by atoms with Gasteiger partial charge in [-0.1, -0.05) is 30.3 Å². The third-order valence-corrected chi connectivity index (χ3v) is 4.59. The van der Waals surface area contributed by atoms with Crippen LogP contribution in [-0.2, 0) is 16.5 Å². The molecule has 25 heavy (non-hydrogen) atoms. The average Bonchev–Trinajstić information content (AvgIpc) is 2.57. The van der Waals surface area contributed by atoms with Crippen LogP contribution in [0.5, 0.6) is 0 Å². The number of aromatic nitrogens is 2. The van der Waals surface area contributed by atoms with Gasteiger partial charge in [-0.15, -0.1) is 0 Å². The second-order valence-corrected chi connectivity index (χ2v) is 7.36. The average molecular weight is 355 g/mol. The number of hydrogen-bond donors (Lipinski definition) is 2. The Labute approximate surface area is 149 Å². The highest BCUT2D eigenvalue weighted by molar-refractivity contribution is 7.71. The third-order valence-electron chi connectivity index (χ3n) is 3.97. The molecule has 0 radical (unpaired) electrons. The Morgan fingerprint density at radius 2 is 1.68 bits per heavy atom. The first-order valence-corrected chi connectivity index (χ1v) is 9.55. The molecule has 0 amide bonds. The van der Waals surface area contributed by atoms with Crippen molar-refractivity contribution >= 4 is 27.3 Å². The van der Waals surface area contributed by atoms with Crippen LogP contribution < -0.4 is 5.32 Å². The molecule has 0 spiro atoms. The van der Waals surface area contributed by atoms with Crippen LogP contribution in [0.3, 0.4) is 0 Å². The molecule has 130 valence electrons. The Bertz CT molecular complexity index is 972. The molecule has 0 saturated heterocycles. The lowest BCUT2D eigenvalue weighted by Gasteiger charge is -2.15. The number of benzene rings is 2. The zero-order valence-corrected chi connectivity index (χ0v) is 15.4. The van der Waals surface area contributed by atoms with Crippen LogP contribution in [0, 0.1) is 6.92 Å². The number of aryl methyl sites for hydroxylation is 1. The summed E-state index contributed by atoms with van der Waals surface area (Å²) >= 11 is 0. The molecule has 2 aromatic carbocycles. The van der Waals surface area contributed by atoms with E-state index in [2.05, 4.69) is 41.5 Å². The zero-order chi connectivity index (χ0) is 18.0. The lowest BCUT2D eigenvalue weighted by atomic mass is 10.0. The molecule has 0 unspecified atom stereocenters. The fraction of sp³-hybridized carbons (Fsp3) is 0.263. The summed E-state index contributed by atoms with van der Waals surface area (Å²) in [6.45, 7) is 6.14. The molecular formula is C19H21N3O2S. The molecular weight excluding hydrogens is 334 g/mol. The minimum Gasteiger partial charge on any atom is -0.381 e. The molecule has 0 bridgehead atoms. The van der Waals surface area contributed by atoms with Gasteiger partial charge in [0, 0.05) is 11.4 Å². The van der Waals surface area contributed by atoms with E-state index < -0.39 is 10.7 Å². The second-order valence-electron chi connectivity index (χ2n) is 6.38. The van der Waals surface area contributed by atoms with Crippen LogP contribution in [0.25, 0.3) is 22.0 Å². The van der Waals surface area contributed by atoms with Gasteiger partial charge in [0.1, 0.15) is 10.7 Å². The van der Waals surface area contributed by atoms with Gasteiger partial charge < -0.3 is 5.32 Å². The number of thiol groups is 1. The summed E-state index contributed by atoms with van der Waals surface area (Å²) in [7, 11) is -2.40. The molecule has 0 fully saturated rings. The van der Waals surface area contributed by atoms with Crippen molar-refractivity contribution in [2.24, 2.45) is 0 Å². The van der Waals surface area contributed by atoms with Gasteiger partial charge in [-0.05, 0) is 49.6 Å². The first kappa shape index (κ1) is 17.4. The quantitative estimate of drug-likeness (QED) is 0.685. The smallest absolute Gasteiger partial charge is 0.144 e. The molecule has 0 aliphatic carbocycles. The van der Waals surface area contributed by atoms with Crippen molar-refractivity contribution in [1.82, 2.24) is 10.2 Å². The highest BCUT2D eigenvalue weighted by atomic mass is 32.2. The first-order valence-electron chi connectivity index (χ1n) is 8.18. The summed E-state index contributed by atoms with van der Waals surface area (Å²) in [5, 5.41) is 13.1. The van der Waals surface area contributed by atoms with Gasteiger partial charge in [-0.2, -0.15) is 10.2 Å². The Balaban J connectivity index is 2.00. The summed E-state index contributed by atoms with van der Waals surface area (Å²) in [5.74, 6) is 0.0717. The summed E-state index contributed by atoms with van der Waals surface area (Å²) in [6.07, 6.45) is 0. The minimum atomic E-state index is -2.40. The number of rotatable bonds is 5. The Morgan fingerprint density at radius 1 is 1.00 bits per heavy atom. The van der Waals surface area contributed by atoms with Crippen LogP contribution in [0.2, 0.25) is 0 Å². The van der Waals surface area contributed by atoms with Crippen LogP contribution in [0.15, 0.2) is 42.5 Å². The number of hydrogen-bond acceptors (Lipinski definition) is 5. The molecule has 6 heteroatoms. The van der Waals surface area contributed by atoms with E-state index >= 15 is 0 Å². The molecule has 3 rings (SSSR count). The zero-order valence-electron chi connectivity index (χ0n) is 14.5. The molecule has 5 nitrogen and oxygen atoms in total. The largest absolute Gasteiger partial charge is 0.381 e. The van der Waals surface area contributed by atoms with Gasteiger partial charge in [0.15, 0.2) is 0 Å². The standard InChI is InChI=1S/C19H21N3O2S/c1-12(2)20-19-13(3)21-22-18-10-16(8-9-17(18)19)15-6-4-14(5-7-15)11-25(23)24/h4-10,12,25H,11H2,1-3H3,(H,20,22). The number of fused-ring (bicyclic) bond motifs is 1. The van der Waals surface area contributed by atoms with E-state index in [1.807, 2.05) is 37.3 Å². The van der Waals surface area contributed by atoms with E-state index in [4.69, 9.17) is 0 Å². The number of nitrogens with one attached hydrogen (secondary N) is 1. The van der Waals surface area contributed by atoms with Crippen molar-refractivity contribution in [2.45, 2.75) is 32.6 Å². The van der Waals surface area contributed by atoms with E-state index in [-0.39, 0.29) is 5.75 Å². The predicted molar refractivity (Wildman–Crippen MR) is 102 cm³/mol. The van der Waals surface area contributed by atoms with Crippen LogP contribution >= 0.6 is 0 Å². The molecule has 1 aromatic heterocycles. The van der Waals surface area contributed by atoms with E-state index in [9.17, 15) is 8.42 Å². The highest BCUT2D eigenvalue weighted by Crippen LogP contribution is 2.29. The lowest BCUT2D eigenvalue weighted by Crippen LogP contribution is -2.12. The van der Waals surface area contributed by atoms with Crippen LogP contribution in [0.4, 0.5) is 5.69 Å². The molecule has 3 aromatic rings. The molecule has 0 aliphatic rings. The van der Waals surface area contributed by atoms with Crippen LogP contribution in [0.1, 0.15) is 25.1 Å². The molecule has 0 aliphatic heterocycles. The highest BCUT2D eigenvalue weighted by Gasteiger charge is 2.10. The van der Waals surface area contributed by atoms with Gasteiger partial charge in [0.05, 0.1) is 22.7 Å². The second kappa shape index (κ2) is 7.19. The van der Waals surface area contributed by atoms with Crippen molar-refractivity contribution in [1.29, 1.82) is 0 Å². The lowest BCUT2D eigenvalue weighted by molar-refractivity contribution is 0.614. The maximum absolute atomic E-state index is 10.8. The summed E-state index contributed by atoms with van der Waals surface area (Å²) in [4.78, 5) is 0. The molecule has 1 N–H and O–H groups in total. The summed E-state index contributed by atoms with van der Waals surface area (Å²) in [5.41, 5.74) is 5.57. The monoisotopic (exact) mass is 355 g/mol. The van der Waals surface area contributed by atoms with E-state index in [1.165, 1.54) is 0 Å². The predicted octanol–water partition coefficient (Wildman–Crippen LogP) is 3.54. The summed E-state index contributed by atoms with van der Waals surface area (Å²) < 4.78 is 21.6. The van der Waals surface area contributed by atoms with Crippen molar-refractivity contribution < 1.29 is 8.42 Å². The Morgan fingerprint density at radius 3 is 2.32 bits per heavy atom. The number of nitrogens with zero attached hydrogens (tertiary/aromatic N) is 2. The van der Waals surface area contributed by atoms with E-state index in [1.54, 1.807) is 0 Å². The third kappa shape index (κ3) is 3.96.